The molecule has 0 radical (unpaired) electrons. The molecule has 5 nitrogen and oxygen atoms in total. The van der Waals surface area contributed by atoms with Crippen LogP contribution in [-0.4, -0.2) is 47.7 Å². The fourth-order valence-electron chi connectivity index (χ4n) is 4.81. The van der Waals surface area contributed by atoms with Crippen molar-refractivity contribution < 1.29 is 19.4 Å². The van der Waals surface area contributed by atoms with Crippen LogP contribution in [-0.2, 0) is 14.3 Å². The number of hydrogen-bond acceptors (Lipinski definition) is 3. The molecule has 1 amide bonds. The molecule has 1 aliphatic carbocycles. The Bertz CT molecular complexity index is 448. The van der Waals surface area contributed by atoms with Crippen molar-refractivity contribution in [3.63, 3.8) is 0 Å². The Labute approximate surface area is 139 Å². The molecule has 1 saturated carbocycles. The molecule has 4 unspecified atom stereocenters. The van der Waals surface area contributed by atoms with Crippen molar-refractivity contribution in [3.8, 4) is 0 Å². The van der Waals surface area contributed by atoms with Crippen LogP contribution in [0.3, 0.4) is 0 Å². The van der Waals surface area contributed by atoms with Gasteiger partial charge in [-0.25, -0.2) is 0 Å². The fraction of sp³-hybridized carbons (Fsp3) is 0.889. The van der Waals surface area contributed by atoms with Crippen LogP contribution in [0.5, 0.6) is 0 Å². The number of aliphatic carboxylic acids is 1. The number of carbonyl (C=O) groups is 2. The molecule has 2 aliphatic rings. The van der Waals surface area contributed by atoms with E-state index in [1.165, 1.54) is 6.42 Å². The molecule has 5 heteroatoms. The van der Waals surface area contributed by atoms with Crippen molar-refractivity contribution in [1.82, 2.24) is 4.90 Å². The van der Waals surface area contributed by atoms with Gasteiger partial charge < -0.3 is 14.7 Å². The van der Waals surface area contributed by atoms with E-state index in [9.17, 15) is 9.59 Å². The summed E-state index contributed by atoms with van der Waals surface area (Å²) in [5, 5.41) is 9.08. The zero-order valence-corrected chi connectivity index (χ0v) is 14.9. The van der Waals surface area contributed by atoms with Crippen molar-refractivity contribution in [2.75, 3.05) is 13.7 Å². The average Bonchev–Trinajstić information content (AvgIpc) is 2.78. The van der Waals surface area contributed by atoms with Crippen LogP contribution in [0.15, 0.2) is 0 Å². The number of nitrogens with zero attached hydrogens (tertiary/aromatic N) is 1. The summed E-state index contributed by atoms with van der Waals surface area (Å²) >= 11 is 0. The highest BCUT2D eigenvalue weighted by atomic mass is 16.5. The minimum absolute atomic E-state index is 0.0121. The summed E-state index contributed by atoms with van der Waals surface area (Å²) in [5.41, 5.74) is 0.295. The Morgan fingerprint density at radius 2 is 1.91 bits per heavy atom. The highest BCUT2D eigenvalue weighted by Gasteiger charge is 2.39. The van der Waals surface area contributed by atoms with E-state index in [2.05, 4.69) is 20.8 Å². The minimum atomic E-state index is -0.850. The Kier molecular flexibility index (Phi) is 5.71. The third kappa shape index (κ3) is 4.93. The molecular formula is C18H31NO4. The predicted octanol–water partition coefficient (Wildman–Crippen LogP) is 2.93. The van der Waals surface area contributed by atoms with Crippen LogP contribution in [0.1, 0.15) is 59.3 Å². The molecule has 0 aromatic heterocycles. The Balaban J connectivity index is 1.99. The van der Waals surface area contributed by atoms with Gasteiger partial charge in [0, 0.05) is 26.1 Å². The summed E-state index contributed by atoms with van der Waals surface area (Å²) < 4.78 is 5.36. The lowest BCUT2D eigenvalue weighted by Gasteiger charge is -2.39. The van der Waals surface area contributed by atoms with Gasteiger partial charge in [-0.1, -0.05) is 20.8 Å². The van der Waals surface area contributed by atoms with E-state index in [4.69, 9.17) is 9.84 Å². The van der Waals surface area contributed by atoms with Crippen LogP contribution >= 0.6 is 0 Å². The molecular weight excluding hydrogens is 294 g/mol. The highest BCUT2D eigenvalue weighted by molar-refractivity contribution is 5.78. The van der Waals surface area contributed by atoms with Gasteiger partial charge in [-0.15, -0.1) is 0 Å². The first-order chi connectivity index (χ1) is 10.7. The fourth-order valence-corrected chi connectivity index (χ4v) is 4.81. The van der Waals surface area contributed by atoms with Gasteiger partial charge in [0.2, 0.25) is 5.91 Å². The standard InChI is InChI=1S/C18H31NO4/c1-12-5-13(10-18(2,3)9-12)6-16(20)19-11-15(23-4)7-14(19)8-17(21)22/h12-15H,5-11H2,1-4H3,(H,21,22). The third-order valence-corrected chi connectivity index (χ3v) is 5.38. The molecule has 1 saturated heterocycles. The number of ether oxygens (including phenoxy) is 1. The maximum Gasteiger partial charge on any atom is 0.305 e. The number of likely N-dealkylation sites (tertiary alicyclic amines) is 1. The lowest BCUT2D eigenvalue weighted by molar-refractivity contribution is -0.140. The van der Waals surface area contributed by atoms with E-state index in [0.29, 0.717) is 36.6 Å². The summed E-state index contributed by atoms with van der Waals surface area (Å²) in [6, 6.07) is -0.223. The van der Waals surface area contributed by atoms with Crippen LogP contribution < -0.4 is 0 Å². The Morgan fingerprint density at radius 3 is 2.48 bits per heavy atom. The quantitative estimate of drug-likeness (QED) is 0.844. The van der Waals surface area contributed by atoms with Crippen molar-refractivity contribution in [3.05, 3.63) is 0 Å². The van der Waals surface area contributed by atoms with E-state index in [1.54, 1.807) is 12.0 Å². The van der Waals surface area contributed by atoms with Gasteiger partial charge >= 0.3 is 5.97 Å². The average molecular weight is 325 g/mol. The maximum absolute atomic E-state index is 12.8. The largest absolute Gasteiger partial charge is 0.481 e. The van der Waals surface area contributed by atoms with E-state index < -0.39 is 5.97 Å². The number of carboxylic acid groups (broad SMARTS) is 1. The number of methoxy groups -OCH3 is 1. The van der Waals surface area contributed by atoms with Gasteiger partial charge in [-0.3, -0.25) is 9.59 Å². The van der Waals surface area contributed by atoms with Gasteiger partial charge in [0.05, 0.1) is 12.5 Å². The molecule has 2 fully saturated rings. The van der Waals surface area contributed by atoms with E-state index in [1.807, 2.05) is 0 Å². The predicted molar refractivity (Wildman–Crippen MR) is 88.1 cm³/mol. The maximum atomic E-state index is 12.8. The normalized spacial score (nSPS) is 33.7. The van der Waals surface area contributed by atoms with Crippen LogP contribution in [0.4, 0.5) is 0 Å². The Morgan fingerprint density at radius 1 is 1.22 bits per heavy atom. The highest BCUT2D eigenvalue weighted by Crippen LogP contribution is 2.43. The molecule has 132 valence electrons. The van der Waals surface area contributed by atoms with Crippen molar-refractivity contribution in [2.24, 2.45) is 17.3 Å². The zero-order chi connectivity index (χ0) is 17.2. The second-order valence-electron chi connectivity index (χ2n) is 8.37. The van der Waals surface area contributed by atoms with Gasteiger partial charge in [-0.05, 0) is 42.9 Å². The lowest BCUT2D eigenvalue weighted by atomic mass is 9.67. The molecule has 4 atom stereocenters. The lowest BCUT2D eigenvalue weighted by Crippen LogP contribution is -2.39. The van der Waals surface area contributed by atoms with Crippen molar-refractivity contribution in [2.45, 2.75) is 71.4 Å². The summed E-state index contributed by atoms with van der Waals surface area (Å²) in [6.45, 7) is 7.36. The van der Waals surface area contributed by atoms with Gasteiger partial charge in [0.15, 0.2) is 0 Å². The molecule has 0 bridgehead atoms. The molecule has 0 spiro atoms. The summed E-state index contributed by atoms with van der Waals surface area (Å²) in [7, 11) is 1.63. The van der Waals surface area contributed by atoms with Crippen LogP contribution in [0.2, 0.25) is 0 Å². The first-order valence-corrected chi connectivity index (χ1v) is 8.74. The smallest absolute Gasteiger partial charge is 0.305 e. The molecule has 1 aliphatic heterocycles. The van der Waals surface area contributed by atoms with E-state index in [-0.39, 0.29) is 24.5 Å². The van der Waals surface area contributed by atoms with E-state index >= 15 is 0 Å². The van der Waals surface area contributed by atoms with Gasteiger partial charge in [0.1, 0.15) is 0 Å². The molecule has 0 aromatic carbocycles. The minimum Gasteiger partial charge on any atom is -0.481 e. The number of rotatable bonds is 5. The Hall–Kier alpha value is -1.10. The van der Waals surface area contributed by atoms with Gasteiger partial charge in [0.25, 0.3) is 0 Å². The first-order valence-electron chi connectivity index (χ1n) is 8.74. The molecule has 0 aromatic rings. The molecule has 1 N–H and O–H groups in total. The van der Waals surface area contributed by atoms with Gasteiger partial charge in [-0.2, -0.15) is 0 Å². The summed E-state index contributed by atoms with van der Waals surface area (Å²) in [6.07, 6.45) is 4.54. The van der Waals surface area contributed by atoms with E-state index in [0.717, 1.165) is 12.8 Å². The zero-order valence-electron chi connectivity index (χ0n) is 14.9. The number of amides is 1. The van der Waals surface area contributed by atoms with Crippen molar-refractivity contribution >= 4 is 11.9 Å². The topological polar surface area (TPSA) is 66.8 Å². The second kappa shape index (κ2) is 7.20. The number of carboxylic acids is 1. The summed E-state index contributed by atoms with van der Waals surface area (Å²) in [5.74, 6) is 0.313. The summed E-state index contributed by atoms with van der Waals surface area (Å²) in [4.78, 5) is 25.6. The number of carbonyl (C=O) groups excluding carboxylic acids is 1. The molecule has 2 rings (SSSR count). The number of hydrogen-bond donors (Lipinski definition) is 1. The molecule has 23 heavy (non-hydrogen) atoms. The first kappa shape index (κ1) is 18.2. The van der Waals surface area contributed by atoms with Crippen molar-refractivity contribution in [1.29, 1.82) is 0 Å². The SMILES string of the molecule is COC1CC(CC(=O)O)N(C(=O)CC2CC(C)CC(C)(C)C2)C1. The molecule has 1 heterocycles. The third-order valence-electron chi connectivity index (χ3n) is 5.38. The monoisotopic (exact) mass is 325 g/mol. The van der Waals surface area contributed by atoms with Crippen LogP contribution in [0.25, 0.3) is 0 Å². The van der Waals surface area contributed by atoms with Crippen LogP contribution in [0, 0.1) is 17.3 Å². The second-order valence-corrected chi connectivity index (χ2v) is 8.37.